The molecule has 1 aromatic carbocycles. The minimum absolute atomic E-state index is 0.117. The molecular weight excluding hydrogens is 452 g/mol. The van der Waals surface area contributed by atoms with E-state index < -0.39 is 12.7 Å². The quantitative estimate of drug-likeness (QED) is 0.413. The molecular formula is C27H25F2N3O3. The highest BCUT2D eigenvalue weighted by atomic mass is 19.3. The summed E-state index contributed by atoms with van der Waals surface area (Å²) in [6, 6.07) is 14.8. The van der Waals surface area contributed by atoms with Gasteiger partial charge in [-0.1, -0.05) is 24.3 Å². The standard InChI is InChI=1S/C27H25F2N3O3/c28-27(29)35-23-4-2-1-3-19(23)20-13-22(33)25-26(20)32-15-18(6-8-24(32)31-25)17-5-7-21(30-14-17)16-9-11-34-12-10-16/h1-8,14-16,20,22,27,33H,9-13H2/t20-,22-/m1/s1. The third-order valence-corrected chi connectivity index (χ3v) is 7.06. The van der Waals surface area contributed by atoms with Crippen LogP contribution in [0, 0.1) is 0 Å². The largest absolute Gasteiger partial charge is 0.435 e. The Kier molecular flexibility index (Phi) is 5.70. The molecule has 1 aliphatic heterocycles. The van der Waals surface area contributed by atoms with Gasteiger partial charge in [-0.25, -0.2) is 4.98 Å². The smallest absolute Gasteiger partial charge is 0.387 e. The number of benzene rings is 1. The Morgan fingerprint density at radius 1 is 1.03 bits per heavy atom. The van der Waals surface area contributed by atoms with Crippen molar-refractivity contribution in [3.63, 3.8) is 0 Å². The van der Waals surface area contributed by atoms with E-state index in [1.165, 1.54) is 6.07 Å². The van der Waals surface area contributed by atoms with E-state index >= 15 is 0 Å². The number of hydrogen-bond donors (Lipinski definition) is 1. The summed E-state index contributed by atoms with van der Waals surface area (Å²) in [7, 11) is 0. The number of nitrogens with zero attached hydrogens (tertiary/aromatic N) is 3. The van der Waals surface area contributed by atoms with Crippen molar-refractivity contribution in [1.29, 1.82) is 0 Å². The first-order chi connectivity index (χ1) is 17.1. The molecule has 1 fully saturated rings. The molecule has 180 valence electrons. The molecule has 0 spiro atoms. The van der Waals surface area contributed by atoms with Crippen LogP contribution in [0.4, 0.5) is 8.78 Å². The number of hydrogen-bond acceptors (Lipinski definition) is 5. The number of halogens is 2. The molecule has 0 radical (unpaired) electrons. The lowest BCUT2D eigenvalue weighted by molar-refractivity contribution is -0.0506. The molecule has 8 heteroatoms. The van der Waals surface area contributed by atoms with E-state index in [9.17, 15) is 13.9 Å². The number of aliphatic hydroxyl groups is 1. The van der Waals surface area contributed by atoms with Crippen molar-refractivity contribution in [1.82, 2.24) is 14.4 Å². The Hall–Kier alpha value is -3.36. The van der Waals surface area contributed by atoms with Crippen LogP contribution in [0.25, 0.3) is 16.8 Å². The molecule has 2 aliphatic rings. The molecule has 4 aromatic rings. The lowest BCUT2D eigenvalue weighted by Crippen LogP contribution is -2.14. The Morgan fingerprint density at radius 3 is 2.60 bits per heavy atom. The van der Waals surface area contributed by atoms with Gasteiger partial charge < -0.3 is 19.0 Å². The van der Waals surface area contributed by atoms with Crippen molar-refractivity contribution < 1.29 is 23.4 Å². The van der Waals surface area contributed by atoms with Crippen molar-refractivity contribution >= 4 is 5.65 Å². The maximum absolute atomic E-state index is 13.0. The molecule has 0 unspecified atom stereocenters. The van der Waals surface area contributed by atoms with Crippen LogP contribution < -0.4 is 4.74 Å². The van der Waals surface area contributed by atoms with Crippen molar-refractivity contribution in [2.45, 2.75) is 43.8 Å². The Balaban J connectivity index is 1.38. The molecule has 6 rings (SSSR count). The van der Waals surface area contributed by atoms with E-state index in [0.29, 0.717) is 29.2 Å². The molecule has 1 N–H and O–H groups in total. The van der Waals surface area contributed by atoms with Gasteiger partial charge in [0.2, 0.25) is 0 Å². The maximum atomic E-state index is 13.0. The highest BCUT2D eigenvalue weighted by molar-refractivity contribution is 5.65. The summed E-state index contributed by atoms with van der Waals surface area (Å²) >= 11 is 0. The zero-order chi connectivity index (χ0) is 23.9. The minimum atomic E-state index is -2.92. The normalized spacial score (nSPS) is 20.5. The molecule has 35 heavy (non-hydrogen) atoms. The molecule has 2 atom stereocenters. The van der Waals surface area contributed by atoms with Crippen LogP contribution in [-0.4, -0.2) is 39.3 Å². The second kappa shape index (κ2) is 9.02. The number of para-hydroxylation sites is 1. The average molecular weight is 478 g/mol. The summed E-state index contributed by atoms with van der Waals surface area (Å²) in [5, 5.41) is 10.7. The van der Waals surface area contributed by atoms with E-state index in [1.54, 1.807) is 18.2 Å². The van der Waals surface area contributed by atoms with Crippen LogP contribution in [0.3, 0.4) is 0 Å². The summed E-state index contributed by atoms with van der Waals surface area (Å²) in [6.07, 6.45) is 5.42. The van der Waals surface area contributed by atoms with Gasteiger partial charge in [-0.3, -0.25) is 4.98 Å². The van der Waals surface area contributed by atoms with Gasteiger partial charge in [0.05, 0.1) is 17.5 Å². The number of alkyl halides is 2. The van der Waals surface area contributed by atoms with E-state index in [4.69, 9.17) is 14.5 Å². The van der Waals surface area contributed by atoms with Crippen molar-refractivity contribution in [3.05, 3.63) is 83.6 Å². The highest BCUT2D eigenvalue weighted by Gasteiger charge is 2.37. The van der Waals surface area contributed by atoms with E-state index in [1.807, 2.05) is 28.9 Å². The summed E-state index contributed by atoms with van der Waals surface area (Å²) in [6.45, 7) is -1.38. The number of aliphatic hydroxyl groups excluding tert-OH is 1. The fraction of sp³-hybridized carbons (Fsp3) is 0.333. The molecule has 0 amide bonds. The van der Waals surface area contributed by atoms with Crippen LogP contribution in [0.2, 0.25) is 0 Å². The van der Waals surface area contributed by atoms with Gasteiger partial charge in [0.15, 0.2) is 0 Å². The van der Waals surface area contributed by atoms with E-state index in [-0.39, 0.29) is 11.7 Å². The average Bonchev–Trinajstić information content (AvgIpc) is 3.42. The monoisotopic (exact) mass is 477 g/mol. The fourth-order valence-electron chi connectivity index (χ4n) is 5.35. The summed E-state index contributed by atoms with van der Waals surface area (Å²) in [5.41, 5.74) is 5.70. The second-order valence-corrected chi connectivity index (χ2v) is 9.11. The van der Waals surface area contributed by atoms with Gasteiger partial charge in [-0.2, -0.15) is 8.78 Å². The first kappa shape index (κ1) is 22.1. The number of rotatable bonds is 5. The van der Waals surface area contributed by atoms with Crippen LogP contribution in [-0.2, 0) is 4.74 Å². The third kappa shape index (κ3) is 4.06. The molecule has 0 bridgehead atoms. The first-order valence-electron chi connectivity index (χ1n) is 11.9. The van der Waals surface area contributed by atoms with E-state index in [2.05, 4.69) is 17.1 Å². The fourth-order valence-corrected chi connectivity index (χ4v) is 5.35. The van der Waals surface area contributed by atoms with Crippen LogP contribution in [0.1, 0.15) is 59.8 Å². The highest BCUT2D eigenvalue weighted by Crippen LogP contribution is 2.47. The van der Waals surface area contributed by atoms with Gasteiger partial charge in [-0.15, -0.1) is 0 Å². The number of imidazole rings is 1. The Labute approximate surface area is 201 Å². The van der Waals surface area contributed by atoms with Gasteiger partial charge in [0.1, 0.15) is 11.4 Å². The summed E-state index contributed by atoms with van der Waals surface area (Å²) < 4.78 is 38.3. The van der Waals surface area contributed by atoms with Crippen LogP contribution in [0.15, 0.2) is 60.9 Å². The second-order valence-electron chi connectivity index (χ2n) is 9.11. The van der Waals surface area contributed by atoms with Gasteiger partial charge in [-0.05, 0) is 43.5 Å². The maximum Gasteiger partial charge on any atom is 0.387 e. The van der Waals surface area contributed by atoms with Gasteiger partial charge >= 0.3 is 6.61 Å². The van der Waals surface area contributed by atoms with E-state index in [0.717, 1.165) is 48.6 Å². The summed E-state index contributed by atoms with van der Waals surface area (Å²) in [4.78, 5) is 9.37. The van der Waals surface area contributed by atoms with Crippen molar-refractivity contribution in [3.8, 4) is 16.9 Å². The first-order valence-corrected chi connectivity index (χ1v) is 11.9. The third-order valence-electron chi connectivity index (χ3n) is 7.06. The topological polar surface area (TPSA) is 68.9 Å². The van der Waals surface area contributed by atoms with Crippen molar-refractivity contribution in [2.75, 3.05) is 13.2 Å². The van der Waals surface area contributed by atoms with Gasteiger partial charge in [0.25, 0.3) is 0 Å². The van der Waals surface area contributed by atoms with Gasteiger partial charge in [0, 0.05) is 59.8 Å². The molecule has 1 saturated heterocycles. The predicted molar refractivity (Wildman–Crippen MR) is 126 cm³/mol. The number of pyridine rings is 2. The molecule has 0 saturated carbocycles. The van der Waals surface area contributed by atoms with Crippen molar-refractivity contribution in [2.24, 2.45) is 0 Å². The summed E-state index contributed by atoms with van der Waals surface area (Å²) in [5.74, 6) is 0.218. The number of aromatic nitrogens is 3. The lowest BCUT2D eigenvalue weighted by atomic mass is 9.95. The Bertz CT molecular complexity index is 1350. The van der Waals surface area contributed by atoms with Crippen LogP contribution >= 0.6 is 0 Å². The number of ether oxygens (including phenoxy) is 2. The molecule has 3 aromatic heterocycles. The lowest BCUT2D eigenvalue weighted by Gasteiger charge is -2.21. The SMILES string of the molecule is O[C@@H]1C[C@H](c2ccccc2OC(F)F)c2c1nc1ccc(-c3ccc(C4CCOCC4)nc3)cn21. The minimum Gasteiger partial charge on any atom is -0.435 e. The number of fused-ring (bicyclic) bond motifs is 3. The Morgan fingerprint density at radius 2 is 1.83 bits per heavy atom. The van der Waals surface area contributed by atoms with Crippen LogP contribution in [0.5, 0.6) is 5.75 Å². The predicted octanol–water partition coefficient (Wildman–Crippen LogP) is 5.46. The zero-order valence-corrected chi connectivity index (χ0v) is 19.0. The molecule has 1 aliphatic carbocycles. The molecule has 4 heterocycles. The zero-order valence-electron chi connectivity index (χ0n) is 19.0. The molecule has 6 nitrogen and oxygen atoms in total.